The predicted octanol–water partition coefficient (Wildman–Crippen LogP) is 0.567. The van der Waals surface area contributed by atoms with Crippen LogP contribution in [0.15, 0.2) is 0 Å². The topological polar surface area (TPSA) is 80.8 Å². The Morgan fingerprint density at radius 1 is 1.28 bits per heavy atom. The molecule has 0 N–H and O–H groups in total. The van der Waals surface area contributed by atoms with Gasteiger partial charge in [-0.3, -0.25) is 9.59 Å². The molecule has 0 heterocycles. The minimum Gasteiger partial charge on any atom is -0.459 e. The number of carbonyl (C=O) groups is 2. The lowest BCUT2D eigenvalue weighted by Crippen LogP contribution is -2.45. The highest BCUT2D eigenvalue weighted by atomic mass is 32.2. The predicted molar refractivity (Wildman–Crippen MR) is 67.5 cm³/mol. The van der Waals surface area contributed by atoms with Gasteiger partial charge in [0.05, 0.1) is 6.26 Å². The van der Waals surface area contributed by atoms with E-state index in [0.717, 1.165) is 10.6 Å². The summed E-state index contributed by atoms with van der Waals surface area (Å²) in [5.41, 5.74) is -0.732. The lowest BCUT2D eigenvalue weighted by molar-refractivity contribution is -0.160. The third-order valence-corrected chi connectivity index (χ3v) is 3.42. The molecule has 0 unspecified atom stereocenters. The van der Waals surface area contributed by atoms with Gasteiger partial charge in [-0.2, -0.15) is 4.31 Å². The van der Waals surface area contributed by atoms with Gasteiger partial charge in [0.1, 0.15) is 17.4 Å². The molecule has 0 fully saturated rings. The lowest BCUT2D eigenvalue weighted by Gasteiger charge is -2.27. The molecule has 0 spiro atoms. The second-order valence-electron chi connectivity index (χ2n) is 5.23. The number of ketones is 1. The van der Waals surface area contributed by atoms with E-state index in [-0.39, 0.29) is 12.2 Å². The molecule has 0 rings (SSSR count). The monoisotopic (exact) mass is 279 g/mol. The van der Waals surface area contributed by atoms with Gasteiger partial charge in [0.25, 0.3) is 0 Å². The Balaban J connectivity index is 5.13. The molecule has 0 saturated heterocycles. The number of rotatable bonds is 5. The molecule has 1 atom stereocenters. The lowest BCUT2D eigenvalue weighted by atomic mass is 10.1. The molecular formula is C11H21NO5S. The van der Waals surface area contributed by atoms with Crippen LogP contribution in [-0.2, 0) is 24.3 Å². The van der Waals surface area contributed by atoms with Gasteiger partial charge in [-0.15, -0.1) is 0 Å². The molecular weight excluding hydrogens is 258 g/mol. The molecule has 0 aliphatic rings. The highest BCUT2D eigenvalue weighted by Crippen LogP contribution is 2.15. The van der Waals surface area contributed by atoms with Crippen LogP contribution in [0.25, 0.3) is 0 Å². The Bertz CT molecular complexity index is 421. The van der Waals surface area contributed by atoms with Crippen molar-refractivity contribution in [2.75, 3.05) is 13.3 Å². The first kappa shape index (κ1) is 17.1. The fourth-order valence-corrected chi connectivity index (χ4v) is 1.86. The molecule has 0 saturated carbocycles. The molecule has 106 valence electrons. The third-order valence-electron chi connectivity index (χ3n) is 2.12. The zero-order valence-electron chi connectivity index (χ0n) is 11.7. The summed E-state index contributed by atoms with van der Waals surface area (Å²) in [6.45, 7) is 6.33. The van der Waals surface area contributed by atoms with Crippen LogP contribution in [0.3, 0.4) is 0 Å². The number of nitrogens with zero attached hydrogens (tertiary/aromatic N) is 1. The number of carbonyl (C=O) groups excluding carboxylic acids is 2. The molecule has 0 aromatic rings. The van der Waals surface area contributed by atoms with Crippen molar-refractivity contribution >= 4 is 21.8 Å². The van der Waals surface area contributed by atoms with Gasteiger partial charge >= 0.3 is 5.97 Å². The van der Waals surface area contributed by atoms with E-state index in [0.29, 0.717) is 0 Å². The summed E-state index contributed by atoms with van der Waals surface area (Å²) in [4.78, 5) is 23.0. The second kappa shape index (κ2) is 5.79. The van der Waals surface area contributed by atoms with Crippen LogP contribution in [0.4, 0.5) is 0 Å². The van der Waals surface area contributed by atoms with Crippen molar-refractivity contribution in [3.8, 4) is 0 Å². The van der Waals surface area contributed by atoms with Gasteiger partial charge in [-0.25, -0.2) is 8.42 Å². The normalized spacial score (nSPS) is 14.4. The first-order valence-electron chi connectivity index (χ1n) is 5.50. The van der Waals surface area contributed by atoms with Crippen LogP contribution in [0.5, 0.6) is 0 Å². The van der Waals surface area contributed by atoms with Crippen molar-refractivity contribution in [3.05, 3.63) is 0 Å². The molecule has 0 aliphatic carbocycles. The number of likely N-dealkylation sites (N-methyl/N-ethyl adjacent to an activating group) is 1. The summed E-state index contributed by atoms with van der Waals surface area (Å²) in [7, 11) is -2.31. The average Bonchev–Trinajstić information content (AvgIpc) is 2.08. The van der Waals surface area contributed by atoms with E-state index in [1.807, 2.05) is 0 Å². The van der Waals surface area contributed by atoms with E-state index in [1.165, 1.54) is 14.0 Å². The SMILES string of the molecule is CC(=O)C[C@@H](C(=O)OC(C)(C)C)N(C)S(C)(=O)=O. The smallest absolute Gasteiger partial charge is 0.325 e. The van der Waals surface area contributed by atoms with Crippen LogP contribution in [-0.4, -0.2) is 49.4 Å². The maximum atomic E-state index is 11.9. The summed E-state index contributed by atoms with van der Waals surface area (Å²) in [5.74, 6) is -0.994. The zero-order chi connectivity index (χ0) is 14.7. The van der Waals surface area contributed by atoms with Crippen molar-refractivity contribution in [2.24, 2.45) is 0 Å². The Kier molecular flexibility index (Phi) is 5.49. The third kappa shape index (κ3) is 6.11. The van der Waals surface area contributed by atoms with E-state index < -0.39 is 27.6 Å². The van der Waals surface area contributed by atoms with Crippen LogP contribution < -0.4 is 0 Å². The molecule has 7 heteroatoms. The van der Waals surface area contributed by atoms with Gasteiger partial charge in [0.2, 0.25) is 10.0 Å². The first-order valence-corrected chi connectivity index (χ1v) is 7.34. The minimum absolute atomic E-state index is 0.196. The Hall–Kier alpha value is -0.950. The number of hydrogen-bond acceptors (Lipinski definition) is 5. The van der Waals surface area contributed by atoms with Gasteiger partial charge in [-0.1, -0.05) is 0 Å². The van der Waals surface area contributed by atoms with Crippen molar-refractivity contribution in [1.82, 2.24) is 4.31 Å². The zero-order valence-corrected chi connectivity index (χ0v) is 12.5. The molecule has 0 radical (unpaired) electrons. The van der Waals surface area contributed by atoms with Gasteiger partial charge in [0.15, 0.2) is 0 Å². The highest BCUT2D eigenvalue weighted by molar-refractivity contribution is 7.88. The summed E-state index contributed by atoms with van der Waals surface area (Å²) in [6, 6.07) is -1.11. The quantitative estimate of drug-likeness (QED) is 0.687. The van der Waals surface area contributed by atoms with E-state index in [9.17, 15) is 18.0 Å². The number of sulfonamides is 1. The number of ether oxygens (including phenoxy) is 1. The molecule has 0 aliphatic heterocycles. The van der Waals surface area contributed by atoms with Crippen molar-refractivity contribution in [3.63, 3.8) is 0 Å². The second-order valence-corrected chi connectivity index (χ2v) is 7.28. The van der Waals surface area contributed by atoms with Crippen LogP contribution in [0.1, 0.15) is 34.1 Å². The van der Waals surface area contributed by atoms with Crippen LogP contribution >= 0.6 is 0 Å². The van der Waals surface area contributed by atoms with Crippen LogP contribution in [0.2, 0.25) is 0 Å². The maximum absolute atomic E-state index is 11.9. The van der Waals surface area contributed by atoms with E-state index in [1.54, 1.807) is 20.8 Å². The maximum Gasteiger partial charge on any atom is 0.325 e. The Labute approximate surface area is 108 Å². The Morgan fingerprint density at radius 2 is 1.72 bits per heavy atom. The molecule has 0 aromatic heterocycles. The van der Waals surface area contributed by atoms with Gasteiger partial charge < -0.3 is 4.74 Å². The fraction of sp³-hybridized carbons (Fsp3) is 0.818. The number of Topliss-reactive ketones (excluding diaryl/α,β-unsaturated/α-hetero) is 1. The largest absolute Gasteiger partial charge is 0.459 e. The number of hydrogen-bond donors (Lipinski definition) is 0. The van der Waals surface area contributed by atoms with E-state index in [4.69, 9.17) is 4.74 Å². The summed E-state index contributed by atoms with van der Waals surface area (Å²) < 4.78 is 28.8. The van der Waals surface area contributed by atoms with E-state index in [2.05, 4.69) is 0 Å². The summed E-state index contributed by atoms with van der Waals surface area (Å²) in [5, 5.41) is 0. The van der Waals surface area contributed by atoms with Gasteiger partial charge in [-0.05, 0) is 27.7 Å². The molecule has 6 nitrogen and oxygen atoms in total. The number of esters is 1. The highest BCUT2D eigenvalue weighted by Gasteiger charge is 2.33. The van der Waals surface area contributed by atoms with Crippen molar-refractivity contribution in [2.45, 2.75) is 45.8 Å². The average molecular weight is 279 g/mol. The molecule has 0 bridgehead atoms. The van der Waals surface area contributed by atoms with Gasteiger partial charge in [0, 0.05) is 13.5 Å². The minimum atomic E-state index is -3.57. The van der Waals surface area contributed by atoms with E-state index >= 15 is 0 Å². The van der Waals surface area contributed by atoms with Crippen molar-refractivity contribution < 1.29 is 22.7 Å². The summed E-state index contributed by atoms with van der Waals surface area (Å²) >= 11 is 0. The molecule has 18 heavy (non-hydrogen) atoms. The standard InChI is InChI=1S/C11H21NO5S/c1-8(13)7-9(12(5)18(6,15)16)10(14)17-11(2,3)4/h9H,7H2,1-6H3/t9-/m0/s1. The van der Waals surface area contributed by atoms with Crippen LogP contribution in [0, 0.1) is 0 Å². The van der Waals surface area contributed by atoms with Crippen molar-refractivity contribution in [1.29, 1.82) is 0 Å². The summed E-state index contributed by atoms with van der Waals surface area (Å²) in [6.07, 6.45) is 0.781. The first-order chi connectivity index (χ1) is 7.84. The molecule has 0 aromatic carbocycles. The Morgan fingerprint density at radius 3 is 2.00 bits per heavy atom. The fourth-order valence-electron chi connectivity index (χ4n) is 1.23. The molecule has 0 amide bonds.